The van der Waals surface area contributed by atoms with Gasteiger partial charge in [0.25, 0.3) is 0 Å². The summed E-state index contributed by atoms with van der Waals surface area (Å²) in [4.78, 5) is 0. The summed E-state index contributed by atoms with van der Waals surface area (Å²) in [5, 5.41) is 2.15. The molecule has 1 aliphatic rings. The highest BCUT2D eigenvalue weighted by Gasteiger charge is 2.29. The van der Waals surface area contributed by atoms with Crippen LogP contribution in [0.1, 0.15) is 13.3 Å². The normalized spacial score (nSPS) is 21.7. The van der Waals surface area contributed by atoms with Crippen molar-refractivity contribution < 1.29 is 14.2 Å². The molecule has 1 unspecified atom stereocenters. The second kappa shape index (κ2) is 7.25. The van der Waals surface area contributed by atoms with E-state index in [9.17, 15) is 0 Å². The molecule has 0 aromatic carbocycles. The van der Waals surface area contributed by atoms with Crippen LogP contribution in [-0.4, -0.2) is 63.9 Å². The number of rotatable bonds is 7. The molecule has 0 aromatic rings. The summed E-state index contributed by atoms with van der Waals surface area (Å²) >= 11 is 0. The lowest BCUT2D eigenvalue weighted by Crippen LogP contribution is -2.60. The number of morpholine rings is 1. The molecule has 6 nitrogen and oxygen atoms in total. The zero-order chi connectivity index (χ0) is 12.7. The van der Waals surface area contributed by atoms with Gasteiger partial charge in [-0.15, -0.1) is 0 Å². The minimum absolute atomic E-state index is 0.228. The Kier molecular flexibility index (Phi) is 6.32. The fourth-order valence-corrected chi connectivity index (χ4v) is 1.86. The summed E-state index contributed by atoms with van der Waals surface area (Å²) in [7, 11) is 3.28. The topological polar surface area (TPSA) is 69.0 Å². The van der Waals surface area contributed by atoms with Gasteiger partial charge in [0.15, 0.2) is 6.29 Å². The molecule has 1 rings (SSSR count). The number of hydrogen-bond donors (Lipinski definition) is 2. The maximum atomic E-state index is 5.85. The molecule has 0 amide bonds. The van der Waals surface area contributed by atoms with Crippen LogP contribution in [0.5, 0.6) is 0 Å². The third kappa shape index (κ3) is 4.87. The third-order valence-corrected chi connectivity index (χ3v) is 3.03. The maximum absolute atomic E-state index is 5.85. The number of nitrogens with one attached hydrogen (secondary N) is 1. The number of hydrogen-bond acceptors (Lipinski definition) is 6. The minimum Gasteiger partial charge on any atom is -0.379 e. The maximum Gasteiger partial charge on any atom is 0.158 e. The van der Waals surface area contributed by atoms with Gasteiger partial charge in [0.05, 0.1) is 13.2 Å². The Morgan fingerprint density at radius 3 is 2.41 bits per heavy atom. The van der Waals surface area contributed by atoms with Crippen molar-refractivity contribution in [3.8, 4) is 0 Å². The van der Waals surface area contributed by atoms with E-state index in [2.05, 4.69) is 17.4 Å². The van der Waals surface area contributed by atoms with Gasteiger partial charge in [0, 0.05) is 45.8 Å². The predicted molar refractivity (Wildman–Crippen MR) is 65.4 cm³/mol. The number of methoxy groups -OCH3 is 2. The van der Waals surface area contributed by atoms with Crippen molar-refractivity contribution in [2.45, 2.75) is 25.2 Å². The van der Waals surface area contributed by atoms with E-state index in [4.69, 9.17) is 19.9 Å². The van der Waals surface area contributed by atoms with Gasteiger partial charge in [-0.05, 0) is 6.92 Å². The van der Waals surface area contributed by atoms with E-state index in [1.165, 1.54) is 0 Å². The molecule has 3 N–H and O–H groups in total. The van der Waals surface area contributed by atoms with Gasteiger partial charge >= 0.3 is 0 Å². The molecule has 0 saturated carbocycles. The van der Waals surface area contributed by atoms with Crippen molar-refractivity contribution in [2.75, 3.05) is 47.1 Å². The fourth-order valence-electron chi connectivity index (χ4n) is 1.86. The highest BCUT2D eigenvalue weighted by Crippen LogP contribution is 2.15. The summed E-state index contributed by atoms with van der Waals surface area (Å²) in [6.45, 7) is 5.86. The molecule has 0 aliphatic carbocycles. The van der Waals surface area contributed by atoms with Gasteiger partial charge in [-0.1, -0.05) is 0 Å². The van der Waals surface area contributed by atoms with Crippen LogP contribution in [0.3, 0.4) is 0 Å². The van der Waals surface area contributed by atoms with Crippen LogP contribution < -0.4 is 11.2 Å². The zero-order valence-corrected chi connectivity index (χ0v) is 11.1. The molecule has 1 fully saturated rings. The fraction of sp³-hybridized carbons (Fsp3) is 1.00. The van der Waals surface area contributed by atoms with Crippen LogP contribution in [0.4, 0.5) is 0 Å². The van der Waals surface area contributed by atoms with Crippen LogP contribution in [0.25, 0.3) is 0 Å². The molecule has 1 atom stereocenters. The molecule has 1 saturated heterocycles. The van der Waals surface area contributed by atoms with E-state index in [1.807, 2.05) is 0 Å². The smallest absolute Gasteiger partial charge is 0.158 e. The zero-order valence-electron chi connectivity index (χ0n) is 11.1. The Labute approximate surface area is 103 Å². The Morgan fingerprint density at radius 1 is 1.35 bits per heavy atom. The Hall–Kier alpha value is -0.240. The van der Waals surface area contributed by atoms with Crippen molar-refractivity contribution in [1.82, 2.24) is 10.4 Å². The lowest BCUT2D eigenvalue weighted by atomic mass is 9.98. The van der Waals surface area contributed by atoms with E-state index in [0.29, 0.717) is 13.0 Å². The molecule has 1 aliphatic heterocycles. The third-order valence-electron chi connectivity index (χ3n) is 3.03. The van der Waals surface area contributed by atoms with Crippen molar-refractivity contribution >= 4 is 0 Å². The highest BCUT2D eigenvalue weighted by molar-refractivity contribution is 4.85. The summed E-state index contributed by atoms with van der Waals surface area (Å²) in [6, 6.07) is 0. The van der Waals surface area contributed by atoms with E-state index in [-0.39, 0.29) is 11.8 Å². The minimum atomic E-state index is -0.239. The van der Waals surface area contributed by atoms with Crippen molar-refractivity contribution in [3.05, 3.63) is 0 Å². The van der Waals surface area contributed by atoms with Crippen molar-refractivity contribution in [1.29, 1.82) is 0 Å². The lowest BCUT2D eigenvalue weighted by molar-refractivity contribution is -0.124. The largest absolute Gasteiger partial charge is 0.379 e. The highest BCUT2D eigenvalue weighted by atomic mass is 16.7. The SMILES string of the molecule is COC(CC(C)(CN)NN1CCOCC1)OC. The number of ether oxygens (including phenoxy) is 3. The van der Waals surface area contributed by atoms with Gasteiger partial charge in [0.1, 0.15) is 0 Å². The first-order valence-electron chi connectivity index (χ1n) is 5.99. The van der Waals surface area contributed by atoms with Crippen molar-refractivity contribution in [3.63, 3.8) is 0 Å². The van der Waals surface area contributed by atoms with Gasteiger partial charge in [-0.2, -0.15) is 0 Å². The molecule has 6 heteroatoms. The van der Waals surface area contributed by atoms with Gasteiger partial charge in [-0.3, -0.25) is 0 Å². The van der Waals surface area contributed by atoms with Crippen LogP contribution in [0, 0.1) is 0 Å². The van der Waals surface area contributed by atoms with Crippen LogP contribution in [0.2, 0.25) is 0 Å². The van der Waals surface area contributed by atoms with Crippen LogP contribution in [-0.2, 0) is 14.2 Å². The molecular weight excluding hydrogens is 222 g/mol. The number of hydrazine groups is 1. The van der Waals surface area contributed by atoms with E-state index in [0.717, 1.165) is 26.3 Å². The molecule has 0 bridgehead atoms. The summed E-state index contributed by atoms with van der Waals surface area (Å²) in [5.74, 6) is 0. The molecule has 1 heterocycles. The Balaban J connectivity index is 2.47. The van der Waals surface area contributed by atoms with Gasteiger partial charge in [0.2, 0.25) is 0 Å². The average molecular weight is 247 g/mol. The number of nitrogens with two attached hydrogens (primary N) is 1. The van der Waals surface area contributed by atoms with E-state index in [1.54, 1.807) is 14.2 Å². The van der Waals surface area contributed by atoms with Crippen LogP contribution in [0.15, 0.2) is 0 Å². The van der Waals surface area contributed by atoms with Gasteiger partial charge < -0.3 is 19.9 Å². The van der Waals surface area contributed by atoms with E-state index >= 15 is 0 Å². The first-order chi connectivity index (χ1) is 8.13. The number of nitrogens with zero attached hydrogens (tertiary/aromatic N) is 1. The molecule has 0 radical (unpaired) electrons. The standard InChI is InChI=1S/C11H25N3O3/c1-11(9-12,8-10(15-2)16-3)13-14-4-6-17-7-5-14/h10,13H,4-9,12H2,1-3H3. The molecule has 0 spiro atoms. The molecule has 102 valence electrons. The average Bonchev–Trinajstić information content (AvgIpc) is 2.37. The van der Waals surface area contributed by atoms with Gasteiger partial charge in [-0.25, -0.2) is 10.4 Å². The molecule has 0 aromatic heterocycles. The first kappa shape index (κ1) is 14.8. The molecular formula is C11H25N3O3. The molecule has 17 heavy (non-hydrogen) atoms. The first-order valence-corrected chi connectivity index (χ1v) is 5.99. The Bertz CT molecular complexity index is 208. The van der Waals surface area contributed by atoms with Crippen LogP contribution >= 0.6 is 0 Å². The Morgan fingerprint density at radius 2 is 1.94 bits per heavy atom. The second-order valence-corrected chi connectivity index (χ2v) is 4.58. The predicted octanol–water partition coefficient (Wildman–Crippen LogP) is -0.450. The summed E-state index contributed by atoms with van der Waals surface area (Å²) in [5.41, 5.74) is 9.07. The second-order valence-electron chi connectivity index (χ2n) is 4.58. The lowest BCUT2D eigenvalue weighted by Gasteiger charge is -2.39. The summed E-state index contributed by atoms with van der Waals surface area (Å²) in [6.07, 6.45) is 0.463. The van der Waals surface area contributed by atoms with Crippen molar-refractivity contribution in [2.24, 2.45) is 5.73 Å². The van der Waals surface area contributed by atoms with E-state index < -0.39 is 0 Å². The summed E-state index contributed by atoms with van der Waals surface area (Å²) < 4.78 is 15.8. The monoisotopic (exact) mass is 247 g/mol. The quantitative estimate of drug-likeness (QED) is 0.594.